The Bertz CT molecular complexity index is 675. The molecular formula is C21H32N4O3. The van der Waals surface area contributed by atoms with E-state index in [1.807, 2.05) is 29.2 Å². The van der Waals surface area contributed by atoms with Gasteiger partial charge < -0.3 is 20.3 Å². The third-order valence-electron chi connectivity index (χ3n) is 5.61. The van der Waals surface area contributed by atoms with Crippen molar-refractivity contribution in [2.75, 3.05) is 46.4 Å². The van der Waals surface area contributed by atoms with Crippen LogP contribution in [0, 0.1) is 0 Å². The molecule has 0 radical (unpaired) electrons. The zero-order valence-electron chi connectivity index (χ0n) is 16.9. The molecule has 2 amide bonds. The minimum atomic E-state index is -0.488. The molecule has 2 atom stereocenters. The summed E-state index contributed by atoms with van der Waals surface area (Å²) >= 11 is 0. The fourth-order valence-corrected chi connectivity index (χ4v) is 4.11. The molecule has 28 heavy (non-hydrogen) atoms. The third-order valence-corrected chi connectivity index (χ3v) is 5.61. The molecule has 2 saturated heterocycles. The van der Waals surface area contributed by atoms with Crippen molar-refractivity contribution in [3.8, 4) is 5.75 Å². The monoisotopic (exact) mass is 388 g/mol. The average Bonchev–Trinajstić information content (AvgIpc) is 2.74. The van der Waals surface area contributed by atoms with Gasteiger partial charge in [0.2, 0.25) is 11.8 Å². The number of carbonyl (C=O) groups is 2. The van der Waals surface area contributed by atoms with E-state index < -0.39 is 6.04 Å². The van der Waals surface area contributed by atoms with Crippen LogP contribution in [0.5, 0.6) is 5.75 Å². The van der Waals surface area contributed by atoms with Crippen LogP contribution in [-0.2, 0) is 9.59 Å². The van der Waals surface area contributed by atoms with Crippen LogP contribution < -0.4 is 15.4 Å². The number of methoxy groups -OCH3 is 1. The topological polar surface area (TPSA) is 73.9 Å². The molecule has 2 aliphatic heterocycles. The molecule has 0 spiro atoms. The number of carbonyl (C=O) groups excluding carboxylic acids is 2. The van der Waals surface area contributed by atoms with Crippen molar-refractivity contribution in [3.05, 3.63) is 29.8 Å². The van der Waals surface area contributed by atoms with Crippen LogP contribution in [0.15, 0.2) is 24.3 Å². The second-order valence-electron chi connectivity index (χ2n) is 7.61. The number of nitrogens with one attached hydrogen (secondary N) is 2. The highest BCUT2D eigenvalue weighted by atomic mass is 16.5. The number of piperazine rings is 1. The van der Waals surface area contributed by atoms with Gasteiger partial charge in [-0.2, -0.15) is 0 Å². The minimum Gasteiger partial charge on any atom is -0.496 e. The van der Waals surface area contributed by atoms with Gasteiger partial charge in [-0.05, 0) is 32.3 Å². The summed E-state index contributed by atoms with van der Waals surface area (Å²) in [5, 5.41) is 6.30. The lowest BCUT2D eigenvalue weighted by molar-refractivity contribution is -0.137. The highest BCUT2D eigenvalue weighted by Crippen LogP contribution is 2.29. The number of piperidine rings is 1. The number of rotatable bonds is 6. The summed E-state index contributed by atoms with van der Waals surface area (Å²) in [6, 6.07) is 7.50. The second-order valence-corrected chi connectivity index (χ2v) is 7.61. The van der Waals surface area contributed by atoms with Crippen LogP contribution >= 0.6 is 0 Å². The van der Waals surface area contributed by atoms with Gasteiger partial charge in [0.25, 0.3) is 0 Å². The van der Waals surface area contributed by atoms with Crippen molar-refractivity contribution in [3.63, 3.8) is 0 Å². The molecule has 3 rings (SSSR count). The van der Waals surface area contributed by atoms with Crippen molar-refractivity contribution in [2.24, 2.45) is 0 Å². The van der Waals surface area contributed by atoms with Gasteiger partial charge >= 0.3 is 0 Å². The lowest BCUT2D eigenvalue weighted by Gasteiger charge is -2.37. The molecule has 7 nitrogen and oxygen atoms in total. The molecule has 0 bridgehead atoms. The van der Waals surface area contributed by atoms with E-state index in [4.69, 9.17) is 4.74 Å². The molecule has 2 fully saturated rings. The SMILES string of the molecule is COc1ccccc1C1CNCCN1CC(=O)NC(C)C(=O)N1CCCCC1. The Morgan fingerprint density at radius 2 is 1.96 bits per heavy atom. The maximum atomic E-state index is 12.7. The van der Waals surface area contributed by atoms with Crippen molar-refractivity contribution in [1.29, 1.82) is 0 Å². The van der Waals surface area contributed by atoms with Gasteiger partial charge in [0.15, 0.2) is 0 Å². The van der Waals surface area contributed by atoms with Crippen LogP contribution in [0.4, 0.5) is 0 Å². The number of amides is 2. The zero-order valence-corrected chi connectivity index (χ0v) is 16.9. The summed E-state index contributed by atoms with van der Waals surface area (Å²) in [6.07, 6.45) is 3.28. The van der Waals surface area contributed by atoms with Gasteiger partial charge in [0.05, 0.1) is 19.7 Å². The summed E-state index contributed by atoms with van der Waals surface area (Å²) in [7, 11) is 1.67. The molecule has 2 unspecified atom stereocenters. The van der Waals surface area contributed by atoms with Gasteiger partial charge in [-0.1, -0.05) is 18.2 Å². The Labute approximate surface area is 167 Å². The molecule has 154 valence electrons. The summed E-state index contributed by atoms with van der Waals surface area (Å²) < 4.78 is 5.51. The summed E-state index contributed by atoms with van der Waals surface area (Å²) in [6.45, 7) is 6.01. The van der Waals surface area contributed by atoms with Crippen molar-refractivity contribution in [1.82, 2.24) is 20.4 Å². The smallest absolute Gasteiger partial charge is 0.244 e. The summed E-state index contributed by atoms with van der Waals surface area (Å²) in [4.78, 5) is 29.3. The van der Waals surface area contributed by atoms with E-state index in [9.17, 15) is 9.59 Å². The quantitative estimate of drug-likeness (QED) is 0.765. The first-order valence-electron chi connectivity index (χ1n) is 10.3. The number of para-hydroxylation sites is 1. The number of benzene rings is 1. The first-order valence-corrected chi connectivity index (χ1v) is 10.3. The number of hydrogen-bond acceptors (Lipinski definition) is 5. The van der Waals surface area contributed by atoms with Crippen LogP contribution in [0.2, 0.25) is 0 Å². The van der Waals surface area contributed by atoms with E-state index in [2.05, 4.69) is 15.5 Å². The van der Waals surface area contributed by atoms with Crippen LogP contribution in [0.1, 0.15) is 37.8 Å². The summed E-state index contributed by atoms with van der Waals surface area (Å²) in [5.41, 5.74) is 1.07. The van der Waals surface area contributed by atoms with E-state index >= 15 is 0 Å². The normalized spacial score (nSPS) is 21.8. The first kappa shape index (κ1) is 20.6. The van der Waals surface area contributed by atoms with E-state index in [-0.39, 0.29) is 24.4 Å². The predicted molar refractivity (Wildman–Crippen MR) is 108 cm³/mol. The van der Waals surface area contributed by atoms with Crippen LogP contribution in [-0.4, -0.2) is 74.0 Å². The Hall–Kier alpha value is -2.12. The lowest BCUT2D eigenvalue weighted by atomic mass is 10.0. The molecule has 2 heterocycles. The molecule has 0 aliphatic carbocycles. The van der Waals surface area contributed by atoms with Gasteiger partial charge in [0.1, 0.15) is 11.8 Å². The molecule has 1 aromatic carbocycles. The minimum absolute atomic E-state index is 0.0228. The van der Waals surface area contributed by atoms with Crippen LogP contribution in [0.25, 0.3) is 0 Å². The van der Waals surface area contributed by atoms with Crippen molar-refractivity contribution >= 4 is 11.8 Å². The standard InChI is InChI=1S/C21H32N4O3/c1-16(21(27)24-11-6-3-7-12-24)23-20(26)15-25-13-10-22-14-18(25)17-8-4-5-9-19(17)28-2/h4-5,8-9,16,18,22H,3,6-7,10-15H2,1-2H3,(H,23,26). The van der Waals surface area contributed by atoms with E-state index in [0.29, 0.717) is 0 Å². The van der Waals surface area contributed by atoms with Crippen molar-refractivity contribution < 1.29 is 14.3 Å². The maximum absolute atomic E-state index is 12.7. The number of likely N-dealkylation sites (tertiary alicyclic amines) is 1. The van der Waals surface area contributed by atoms with E-state index in [0.717, 1.165) is 56.9 Å². The first-order chi connectivity index (χ1) is 13.6. The van der Waals surface area contributed by atoms with Gasteiger partial charge in [-0.3, -0.25) is 14.5 Å². The highest BCUT2D eigenvalue weighted by molar-refractivity contribution is 5.88. The second kappa shape index (κ2) is 9.89. The summed E-state index contributed by atoms with van der Waals surface area (Å²) in [5.74, 6) is 0.740. The number of hydrogen-bond donors (Lipinski definition) is 2. The van der Waals surface area contributed by atoms with Gasteiger partial charge in [-0.25, -0.2) is 0 Å². The largest absolute Gasteiger partial charge is 0.496 e. The number of nitrogens with zero attached hydrogens (tertiary/aromatic N) is 2. The molecule has 1 aromatic rings. The fourth-order valence-electron chi connectivity index (χ4n) is 4.11. The van der Waals surface area contributed by atoms with Crippen LogP contribution in [0.3, 0.4) is 0 Å². The predicted octanol–water partition coefficient (Wildman–Crippen LogP) is 1.16. The highest BCUT2D eigenvalue weighted by Gasteiger charge is 2.29. The van der Waals surface area contributed by atoms with Gasteiger partial charge in [0, 0.05) is 38.3 Å². The molecular weight excluding hydrogens is 356 g/mol. The number of ether oxygens (including phenoxy) is 1. The Balaban J connectivity index is 1.60. The zero-order chi connectivity index (χ0) is 19.9. The van der Waals surface area contributed by atoms with E-state index in [1.54, 1.807) is 14.0 Å². The molecule has 2 aliphatic rings. The Kier molecular flexibility index (Phi) is 7.28. The van der Waals surface area contributed by atoms with Crippen molar-refractivity contribution in [2.45, 2.75) is 38.3 Å². The lowest BCUT2D eigenvalue weighted by Crippen LogP contribution is -2.53. The Morgan fingerprint density at radius 3 is 2.71 bits per heavy atom. The Morgan fingerprint density at radius 1 is 1.21 bits per heavy atom. The maximum Gasteiger partial charge on any atom is 0.244 e. The molecule has 2 N–H and O–H groups in total. The average molecular weight is 389 g/mol. The molecule has 0 aromatic heterocycles. The molecule has 7 heteroatoms. The fraction of sp³-hybridized carbons (Fsp3) is 0.619. The third kappa shape index (κ3) is 5.02. The van der Waals surface area contributed by atoms with E-state index in [1.165, 1.54) is 6.42 Å². The van der Waals surface area contributed by atoms with Gasteiger partial charge in [-0.15, -0.1) is 0 Å². The molecule has 0 saturated carbocycles.